The van der Waals surface area contributed by atoms with Crippen LogP contribution in [0.15, 0.2) is 0 Å². The zero-order valence-corrected chi connectivity index (χ0v) is 9.14. The molecule has 0 fully saturated rings. The molecule has 74 valence electrons. The van der Waals surface area contributed by atoms with E-state index in [2.05, 4.69) is 26.5 Å². The third-order valence-corrected chi connectivity index (χ3v) is 2.01. The van der Waals surface area contributed by atoms with Crippen molar-refractivity contribution in [2.75, 3.05) is 7.11 Å². The fourth-order valence-electron chi connectivity index (χ4n) is 0.967. The zero-order valence-electron chi connectivity index (χ0n) is 8.25. The van der Waals surface area contributed by atoms with Gasteiger partial charge in [0, 0.05) is 7.11 Å². The van der Waals surface area contributed by atoms with Crippen LogP contribution in [0.25, 0.3) is 0 Å². The molecule has 0 radical (unpaired) electrons. The molecule has 0 saturated heterocycles. The summed E-state index contributed by atoms with van der Waals surface area (Å²) >= 11 is 4.29. The van der Waals surface area contributed by atoms with Gasteiger partial charge in [-0.3, -0.25) is 0 Å². The van der Waals surface area contributed by atoms with Crippen molar-refractivity contribution < 1.29 is 9.47 Å². The standard InChI is InChI=1S/C9H20O2S/c1-4-6-8(10-3)11-9(12)7-5-2/h8-9,12H,4-7H2,1-3H3. The highest BCUT2D eigenvalue weighted by Gasteiger charge is 2.10. The van der Waals surface area contributed by atoms with Crippen LogP contribution in [0, 0.1) is 0 Å². The lowest BCUT2D eigenvalue weighted by Gasteiger charge is -2.19. The Bertz CT molecular complexity index is 98.5. The van der Waals surface area contributed by atoms with E-state index in [1.54, 1.807) is 7.11 Å². The fourth-order valence-corrected chi connectivity index (χ4v) is 1.36. The van der Waals surface area contributed by atoms with Gasteiger partial charge in [-0.15, -0.1) is 12.6 Å². The van der Waals surface area contributed by atoms with Crippen LogP contribution in [0.3, 0.4) is 0 Å². The van der Waals surface area contributed by atoms with Gasteiger partial charge >= 0.3 is 0 Å². The second-order valence-corrected chi connectivity index (χ2v) is 3.41. The minimum Gasteiger partial charge on any atom is -0.356 e. The number of hydrogen-bond acceptors (Lipinski definition) is 3. The number of ether oxygens (including phenoxy) is 2. The molecule has 3 heteroatoms. The molecule has 2 atom stereocenters. The fraction of sp³-hybridized carbons (Fsp3) is 1.00. The van der Waals surface area contributed by atoms with E-state index in [1.807, 2.05) is 0 Å². The number of hydrogen-bond donors (Lipinski definition) is 1. The van der Waals surface area contributed by atoms with Crippen LogP contribution in [0.4, 0.5) is 0 Å². The smallest absolute Gasteiger partial charge is 0.158 e. The molecule has 2 nitrogen and oxygen atoms in total. The van der Waals surface area contributed by atoms with Crippen LogP contribution in [0.1, 0.15) is 39.5 Å². The molecule has 0 heterocycles. The Hall–Kier alpha value is 0.270. The van der Waals surface area contributed by atoms with E-state index in [0.717, 1.165) is 25.7 Å². The molecule has 0 aromatic carbocycles. The molecular weight excluding hydrogens is 172 g/mol. The summed E-state index contributed by atoms with van der Waals surface area (Å²) in [6.07, 6.45) is 4.01. The molecule has 0 aliphatic rings. The highest BCUT2D eigenvalue weighted by Crippen LogP contribution is 2.12. The van der Waals surface area contributed by atoms with Crippen LogP contribution < -0.4 is 0 Å². The first-order valence-corrected chi connectivity index (χ1v) is 5.12. The molecule has 0 aliphatic heterocycles. The summed E-state index contributed by atoms with van der Waals surface area (Å²) in [6.45, 7) is 4.23. The minimum absolute atomic E-state index is 0.0199. The van der Waals surface area contributed by atoms with Gasteiger partial charge in [0.25, 0.3) is 0 Å². The summed E-state index contributed by atoms with van der Waals surface area (Å²) in [5.41, 5.74) is 0.0199. The van der Waals surface area contributed by atoms with Crippen molar-refractivity contribution >= 4 is 12.6 Å². The molecule has 0 amide bonds. The lowest BCUT2D eigenvalue weighted by molar-refractivity contribution is -0.137. The topological polar surface area (TPSA) is 18.5 Å². The lowest BCUT2D eigenvalue weighted by atomic mass is 10.3. The maximum atomic E-state index is 5.52. The average Bonchev–Trinajstić information content (AvgIpc) is 2.04. The van der Waals surface area contributed by atoms with Gasteiger partial charge < -0.3 is 9.47 Å². The maximum Gasteiger partial charge on any atom is 0.158 e. The van der Waals surface area contributed by atoms with Crippen molar-refractivity contribution in [3.63, 3.8) is 0 Å². The molecule has 0 aromatic heterocycles. The number of thiol groups is 1. The van der Waals surface area contributed by atoms with Crippen LogP contribution in [0.2, 0.25) is 0 Å². The molecule has 0 bridgehead atoms. The summed E-state index contributed by atoms with van der Waals surface area (Å²) in [4.78, 5) is 0. The molecule has 0 N–H and O–H groups in total. The molecule has 0 aliphatic carbocycles. The molecule has 12 heavy (non-hydrogen) atoms. The van der Waals surface area contributed by atoms with Crippen LogP contribution >= 0.6 is 12.6 Å². The SMILES string of the molecule is CCCC(S)OC(CCC)OC. The Morgan fingerprint density at radius 1 is 1.17 bits per heavy atom. The Labute approximate surface area is 81.0 Å². The Kier molecular flexibility index (Phi) is 8.07. The summed E-state index contributed by atoms with van der Waals surface area (Å²) < 4.78 is 10.7. The minimum atomic E-state index is -0.0796. The average molecular weight is 192 g/mol. The first kappa shape index (κ1) is 12.3. The van der Waals surface area contributed by atoms with Gasteiger partial charge in [0.05, 0.1) is 0 Å². The van der Waals surface area contributed by atoms with Gasteiger partial charge in [-0.05, 0) is 12.8 Å². The lowest BCUT2D eigenvalue weighted by Crippen LogP contribution is -2.20. The first-order chi connectivity index (χ1) is 5.74. The third-order valence-electron chi connectivity index (χ3n) is 1.63. The quantitative estimate of drug-likeness (QED) is 0.494. The second-order valence-electron chi connectivity index (χ2n) is 2.83. The molecule has 0 spiro atoms. The normalized spacial score (nSPS) is 16.0. The van der Waals surface area contributed by atoms with Crippen LogP contribution in [-0.2, 0) is 9.47 Å². The summed E-state index contributed by atoms with van der Waals surface area (Å²) in [5, 5.41) is 0. The van der Waals surface area contributed by atoms with Gasteiger partial charge in [0.15, 0.2) is 6.29 Å². The Balaban J connectivity index is 3.53. The summed E-state index contributed by atoms with van der Waals surface area (Å²) in [5.74, 6) is 0. The van der Waals surface area contributed by atoms with Crippen molar-refractivity contribution in [1.29, 1.82) is 0 Å². The Morgan fingerprint density at radius 3 is 2.17 bits per heavy atom. The van der Waals surface area contributed by atoms with E-state index in [1.165, 1.54) is 0 Å². The Morgan fingerprint density at radius 2 is 1.75 bits per heavy atom. The summed E-state index contributed by atoms with van der Waals surface area (Å²) in [6, 6.07) is 0. The van der Waals surface area contributed by atoms with Crippen LogP contribution in [-0.4, -0.2) is 18.8 Å². The monoisotopic (exact) mass is 192 g/mol. The van der Waals surface area contributed by atoms with Crippen molar-refractivity contribution in [2.24, 2.45) is 0 Å². The van der Waals surface area contributed by atoms with E-state index in [4.69, 9.17) is 9.47 Å². The zero-order chi connectivity index (χ0) is 9.40. The second kappa shape index (κ2) is 7.90. The third kappa shape index (κ3) is 5.86. The van der Waals surface area contributed by atoms with Gasteiger partial charge in [-0.25, -0.2) is 0 Å². The van der Waals surface area contributed by atoms with E-state index < -0.39 is 0 Å². The van der Waals surface area contributed by atoms with Gasteiger partial charge in [-0.2, -0.15) is 0 Å². The molecular formula is C9H20O2S. The highest BCUT2D eigenvalue weighted by atomic mass is 32.1. The molecule has 0 saturated carbocycles. The van der Waals surface area contributed by atoms with Gasteiger partial charge in [-0.1, -0.05) is 26.7 Å². The van der Waals surface area contributed by atoms with Crippen molar-refractivity contribution in [3.05, 3.63) is 0 Å². The maximum absolute atomic E-state index is 5.52. The number of rotatable bonds is 7. The van der Waals surface area contributed by atoms with E-state index in [9.17, 15) is 0 Å². The van der Waals surface area contributed by atoms with Gasteiger partial charge in [0.1, 0.15) is 5.44 Å². The highest BCUT2D eigenvalue weighted by molar-refractivity contribution is 7.80. The molecule has 0 aromatic rings. The predicted molar refractivity (Wildman–Crippen MR) is 54.5 cm³/mol. The van der Waals surface area contributed by atoms with E-state index in [-0.39, 0.29) is 11.7 Å². The molecule has 2 unspecified atom stereocenters. The van der Waals surface area contributed by atoms with Crippen molar-refractivity contribution in [1.82, 2.24) is 0 Å². The van der Waals surface area contributed by atoms with Crippen molar-refractivity contribution in [2.45, 2.75) is 51.3 Å². The largest absolute Gasteiger partial charge is 0.356 e. The summed E-state index contributed by atoms with van der Waals surface area (Å²) in [7, 11) is 1.67. The van der Waals surface area contributed by atoms with E-state index >= 15 is 0 Å². The predicted octanol–water partition coefficient (Wildman–Crippen LogP) is 2.83. The molecule has 0 rings (SSSR count). The van der Waals surface area contributed by atoms with Crippen LogP contribution in [0.5, 0.6) is 0 Å². The van der Waals surface area contributed by atoms with Gasteiger partial charge in [0.2, 0.25) is 0 Å². The van der Waals surface area contributed by atoms with Crippen molar-refractivity contribution in [3.8, 4) is 0 Å². The number of methoxy groups -OCH3 is 1. The van der Waals surface area contributed by atoms with E-state index in [0.29, 0.717) is 0 Å². The first-order valence-electron chi connectivity index (χ1n) is 4.60.